The first-order chi connectivity index (χ1) is 12.1. The minimum Gasteiger partial charge on any atom is -0.352 e. The maximum atomic E-state index is 12.3. The van der Waals surface area contributed by atoms with E-state index in [2.05, 4.69) is 29.5 Å². The van der Waals surface area contributed by atoms with E-state index in [1.807, 2.05) is 24.3 Å². The van der Waals surface area contributed by atoms with E-state index in [1.165, 1.54) is 17.8 Å². The Morgan fingerprint density at radius 2 is 1.76 bits per heavy atom. The van der Waals surface area contributed by atoms with Gasteiger partial charge in [-0.2, -0.15) is 0 Å². The van der Waals surface area contributed by atoms with Gasteiger partial charge < -0.3 is 10.6 Å². The number of nitrogens with zero attached hydrogens (tertiary/aromatic N) is 1. The molecule has 2 N–H and O–H groups in total. The summed E-state index contributed by atoms with van der Waals surface area (Å²) in [5, 5.41) is 5.67. The Hall–Kier alpha value is -2.69. The number of aromatic nitrogens is 1. The van der Waals surface area contributed by atoms with Crippen molar-refractivity contribution in [1.82, 2.24) is 10.3 Å². The molecule has 1 heterocycles. The summed E-state index contributed by atoms with van der Waals surface area (Å²) in [6.45, 7) is 4.84. The number of hydrogen-bond donors (Lipinski definition) is 2. The third-order valence-electron chi connectivity index (χ3n) is 3.94. The van der Waals surface area contributed by atoms with Crippen molar-refractivity contribution < 1.29 is 9.59 Å². The molecule has 132 valence electrons. The van der Waals surface area contributed by atoms with Crippen LogP contribution in [0, 0.1) is 0 Å². The Morgan fingerprint density at radius 3 is 2.44 bits per heavy atom. The number of amides is 2. The number of hydrogen-bond acceptors (Lipinski definition) is 3. The predicted octanol–water partition coefficient (Wildman–Crippen LogP) is 3.82. The second kappa shape index (κ2) is 9.57. The highest BCUT2D eigenvalue weighted by atomic mass is 16.2. The molecule has 1 aromatic heterocycles. The molecule has 5 nitrogen and oxygen atoms in total. The van der Waals surface area contributed by atoms with Crippen molar-refractivity contribution in [3.05, 3.63) is 59.4 Å². The molecule has 0 saturated heterocycles. The number of pyridine rings is 1. The molecule has 0 aliphatic carbocycles. The average molecular weight is 339 g/mol. The lowest BCUT2D eigenvalue weighted by Gasteiger charge is -2.08. The molecule has 0 aliphatic heterocycles. The van der Waals surface area contributed by atoms with Crippen molar-refractivity contribution in [2.75, 3.05) is 11.9 Å². The molecule has 2 aromatic rings. The second-order valence-electron chi connectivity index (χ2n) is 5.90. The Kier molecular flexibility index (Phi) is 7.14. The Morgan fingerprint density at radius 1 is 1.00 bits per heavy atom. The van der Waals surface area contributed by atoms with Crippen LogP contribution in [-0.4, -0.2) is 23.3 Å². The molecule has 5 heteroatoms. The minimum atomic E-state index is -0.329. The second-order valence-corrected chi connectivity index (χ2v) is 5.90. The zero-order valence-electron chi connectivity index (χ0n) is 14.8. The van der Waals surface area contributed by atoms with Gasteiger partial charge in [0, 0.05) is 24.0 Å². The van der Waals surface area contributed by atoms with Gasteiger partial charge in [0.1, 0.15) is 5.69 Å². The first-order valence-electron chi connectivity index (χ1n) is 8.78. The number of anilines is 1. The van der Waals surface area contributed by atoms with E-state index in [-0.39, 0.29) is 17.5 Å². The summed E-state index contributed by atoms with van der Waals surface area (Å²) in [5.74, 6) is -0.510. The van der Waals surface area contributed by atoms with Crippen LogP contribution in [0.15, 0.2) is 42.6 Å². The van der Waals surface area contributed by atoms with Crippen molar-refractivity contribution in [2.24, 2.45) is 0 Å². The zero-order valence-corrected chi connectivity index (χ0v) is 14.8. The van der Waals surface area contributed by atoms with Crippen LogP contribution in [-0.2, 0) is 6.42 Å². The molecule has 2 rings (SSSR count). The number of benzene rings is 1. The topological polar surface area (TPSA) is 71.1 Å². The number of aryl methyl sites for hydroxylation is 1. The highest BCUT2D eigenvalue weighted by molar-refractivity contribution is 6.04. The van der Waals surface area contributed by atoms with Gasteiger partial charge in [-0.05, 0) is 42.7 Å². The fraction of sp³-hybridized carbons (Fsp3) is 0.350. The van der Waals surface area contributed by atoms with E-state index >= 15 is 0 Å². The number of carbonyl (C=O) groups is 2. The Bertz CT molecular complexity index is 711. The fourth-order valence-corrected chi connectivity index (χ4v) is 2.39. The molecule has 0 aliphatic rings. The van der Waals surface area contributed by atoms with Gasteiger partial charge in [-0.25, -0.2) is 0 Å². The molecule has 0 fully saturated rings. The number of carbonyl (C=O) groups excluding carboxylic acids is 2. The van der Waals surface area contributed by atoms with Crippen LogP contribution in [0.1, 0.15) is 59.5 Å². The van der Waals surface area contributed by atoms with Crippen molar-refractivity contribution in [1.29, 1.82) is 0 Å². The van der Waals surface area contributed by atoms with Crippen LogP contribution in [0.3, 0.4) is 0 Å². The highest BCUT2D eigenvalue weighted by Gasteiger charge is 2.12. The lowest BCUT2D eigenvalue weighted by molar-refractivity contribution is 0.0953. The molecule has 1 aromatic carbocycles. The molecular formula is C20H25N3O2. The maximum absolute atomic E-state index is 12.3. The van der Waals surface area contributed by atoms with E-state index in [0.717, 1.165) is 25.7 Å². The van der Waals surface area contributed by atoms with Gasteiger partial charge in [0.25, 0.3) is 11.8 Å². The summed E-state index contributed by atoms with van der Waals surface area (Å²) in [6, 6.07) is 10.8. The van der Waals surface area contributed by atoms with Crippen molar-refractivity contribution in [2.45, 2.75) is 39.5 Å². The van der Waals surface area contributed by atoms with Gasteiger partial charge in [0.2, 0.25) is 0 Å². The van der Waals surface area contributed by atoms with Crippen molar-refractivity contribution in [3.63, 3.8) is 0 Å². The van der Waals surface area contributed by atoms with Crippen LogP contribution < -0.4 is 10.6 Å². The number of rotatable bonds is 8. The molecule has 0 radical (unpaired) electrons. The average Bonchev–Trinajstić information content (AvgIpc) is 2.65. The first kappa shape index (κ1) is 18.6. The van der Waals surface area contributed by atoms with Crippen LogP contribution in [0.4, 0.5) is 5.69 Å². The SMILES string of the molecule is CCCCCNC(=O)c1ccnc(C(=O)Nc2ccc(CC)cc2)c1. The molecule has 0 saturated carbocycles. The van der Waals surface area contributed by atoms with Crippen LogP contribution in [0.25, 0.3) is 0 Å². The molecule has 0 atom stereocenters. The quantitative estimate of drug-likeness (QED) is 0.718. The van der Waals surface area contributed by atoms with Crippen LogP contribution in [0.5, 0.6) is 0 Å². The molecule has 2 amide bonds. The third kappa shape index (κ3) is 5.71. The van der Waals surface area contributed by atoms with E-state index in [0.29, 0.717) is 17.8 Å². The van der Waals surface area contributed by atoms with Crippen LogP contribution in [0.2, 0.25) is 0 Å². The third-order valence-corrected chi connectivity index (χ3v) is 3.94. The number of unbranched alkanes of at least 4 members (excludes halogenated alkanes) is 2. The molecule has 0 unspecified atom stereocenters. The summed E-state index contributed by atoms with van der Waals surface area (Å²) in [4.78, 5) is 28.5. The lowest BCUT2D eigenvalue weighted by Crippen LogP contribution is -2.25. The Balaban J connectivity index is 1.99. The summed E-state index contributed by atoms with van der Waals surface area (Å²) < 4.78 is 0. The molecule has 0 spiro atoms. The predicted molar refractivity (Wildman–Crippen MR) is 99.9 cm³/mol. The first-order valence-corrected chi connectivity index (χ1v) is 8.78. The summed E-state index contributed by atoms with van der Waals surface area (Å²) in [6.07, 6.45) is 5.57. The smallest absolute Gasteiger partial charge is 0.274 e. The van der Waals surface area contributed by atoms with E-state index in [4.69, 9.17) is 0 Å². The van der Waals surface area contributed by atoms with Crippen molar-refractivity contribution >= 4 is 17.5 Å². The summed E-state index contributed by atoms with van der Waals surface area (Å²) >= 11 is 0. The largest absolute Gasteiger partial charge is 0.352 e. The zero-order chi connectivity index (χ0) is 18.1. The molecule has 0 bridgehead atoms. The van der Waals surface area contributed by atoms with Gasteiger partial charge in [-0.3, -0.25) is 14.6 Å². The van der Waals surface area contributed by atoms with Gasteiger partial charge in [0.05, 0.1) is 0 Å². The normalized spacial score (nSPS) is 10.3. The van der Waals surface area contributed by atoms with E-state index in [1.54, 1.807) is 6.07 Å². The van der Waals surface area contributed by atoms with E-state index in [9.17, 15) is 9.59 Å². The van der Waals surface area contributed by atoms with Crippen LogP contribution >= 0.6 is 0 Å². The fourth-order valence-electron chi connectivity index (χ4n) is 2.39. The maximum Gasteiger partial charge on any atom is 0.274 e. The van der Waals surface area contributed by atoms with E-state index < -0.39 is 0 Å². The highest BCUT2D eigenvalue weighted by Crippen LogP contribution is 2.12. The standard InChI is InChI=1S/C20H25N3O2/c1-3-5-6-12-22-19(24)16-11-13-21-18(14-16)20(25)23-17-9-7-15(4-2)8-10-17/h7-11,13-14H,3-6,12H2,1-2H3,(H,22,24)(H,23,25). The monoisotopic (exact) mass is 339 g/mol. The lowest BCUT2D eigenvalue weighted by atomic mass is 10.1. The molecule has 25 heavy (non-hydrogen) atoms. The summed E-state index contributed by atoms with van der Waals surface area (Å²) in [5.41, 5.74) is 2.58. The van der Waals surface area contributed by atoms with Gasteiger partial charge in [0.15, 0.2) is 0 Å². The summed E-state index contributed by atoms with van der Waals surface area (Å²) in [7, 11) is 0. The minimum absolute atomic E-state index is 0.181. The Labute approximate surface area is 148 Å². The van der Waals surface area contributed by atoms with Gasteiger partial charge in [-0.15, -0.1) is 0 Å². The van der Waals surface area contributed by atoms with Gasteiger partial charge >= 0.3 is 0 Å². The van der Waals surface area contributed by atoms with Crippen molar-refractivity contribution in [3.8, 4) is 0 Å². The van der Waals surface area contributed by atoms with Gasteiger partial charge in [-0.1, -0.05) is 38.8 Å². The number of nitrogens with one attached hydrogen (secondary N) is 2. The molecular weight excluding hydrogens is 314 g/mol.